The van der Waals surface area contributed by atoms with Gasteiger partial charge < -0.3 is 14.8 Å². The van der Waals surface area contributed by atoms with Crippen molar-refractivity contribution in [3.63, 3.8) is 0 Å². The van der Waals surface area contributed by atoms with Gasteiger partial charge in [-0.2, -0.15) is 5.26 Å². The molecule has 0 spiro atoms. The summed E-state index contributed by atoms with van der Waals surface area (Å²) in [6, 6.07) is 14.9. The third-order valence-corrected chi connectivity index (χ3v) is 3.96. The minimum absolute atomic E-state index is 0.0254. The van der Waals surface area contributed by atoms with Gasteiger partial charge in [-0.25, -0.2) is 0 Å². The molecule has 0 aliphatic carbocycles. The highest BCUT2D eigenvalue weighted by Gasteiger charge is 2.15. The van der Waals surface area contributed by atoms with Gasteiger partial charge >= 0.3 is 0 Å². The van der Waals surface area contributed by atoms with E-state index >= 15 is 0 Å². The Balaban J connectivity index is 1.80. The van der Waals surface area contributed by atoms with Crippen molar-refractivity contribution in [1.82, 2.24) is 0 Å². The van der Waals surface area contributed by atoms with Gasteiger partial charge in [0.25, 0.3) is 5.91 Å². The average Bonchev–Trinajstić information content (AvgIpc) is 2.67. The van der Waals surface area contributed by atoms with Gasteiger partial charge in [-0.3, -0.25) is 4.79 Å². The molecule has 1 amide bonds. The third kappa shape index (κ3) is 3.93. The van der Waals surface area contributed by atoms with E-state index in [1.54, 1.807) is 25.3 Å². The number of carbonyl (C=O) groups excluding carboxylic acids is 1. The quantitative estimate of drug-likeness (QED) is 0.674. The lowest BCUT2D eigenvalue weighted by molar-refractivity contribution is -0.112. The van der Waals surface area contributed by atoms with Crippen LogP contribution >= 0.6 is 0 Å². The number of aryl methyl sites for hydroxylation is 1. The summed E-state index contributed by atoms with van der Waals surface area (Å²) in [6.45, 7) is 2.25. The predicted molar refractivity (Wildman–Crippen MR) is 100.0 cm³/mol. The van der Waals surface area contributed by atoms with Crippen LogP contribution in [0, 0.1) is 18.3 Å². The van der Waals surface area contributed by atoms with Crippen LogP contribution in [-0.2, 0) is 4.79 Å². The molecule has 0 saturated heterocycles. The van der Waals surface area contributed by atoms with E-state index in [0.29, 0.717) is 17.2 Å². The van der Waals surface area contributed by atoms with Gasteiger partial charge in [0.05, 0.1) is 7.11 Å². The first-order valence-electron chi connectivity index (χ1n) is 8.10. The molecule has 1 aliphatic rings. The Hall–Kier alpha value is -3.52. The molecule has 0 radical (unpaired) electrons. The molecule has 0 bridgehead atoms. The van der Waals surface area contributed by atoms with Crippen LogP contribution in [0.25, 0.3) is 6.08 Å². The van der Waals surface area contributed by atoms with Crippen molar-refractivity contribution in [2.24, 2.45) is 0 Å². The molecular formula is C21H18N2O3. The Labute approximate surface area is 152 Å². The monoisotopic (exact) mass is 346 g/mol. The Kier molecular flexibility index (Phi) is 5.04. The van der Waals surface area contributed by atoms with Gasteiger partial charge in [0, 0.05) is 17.3 Å². The van der Waals surface area contributed by atoms with E-state index in [0.717, 1.165) is 16.7 Å². The van der Waals surface area contributed by atoms with Crippen LogP contribution in [0.4, 0.5) is 5.69 Å². The average molecular weight is 346 g/mol. The van der Waals surface area contributed by atoms with Gasteiger partial charge in [-0.1, -0.05) is 17.7 Å². The lowest BCUT2D eigenvalue weighted by atomic mass is 10.0. The second-order valence-electron chi connectivity index (χ2n) is 5.90. The van der Waals surface area contributed by atoms with Gasteiger partial charge in [-0.05, 0) is 48.9 Å². The molecule has 26 heavy (non-hydrogen) atoms. The maximum atomic E-state index is 12.3. The number of rotatable bonds is 4. The zero-order valence-electron chi connectivity index (χ0n) is 14.6. The van der Waals surface area contributed by atoms with E-state index in [4.69, 9.17) is 9.47 Å². The van der Waals surface area contributed by atoms with E-state index < -0.39 is 5.91 Å². The van der Waals surface area contributed by atoms with Crippen LogP contribution in [0.2, 0.25) is 0 Å². The number of nitrogens with one attached hydrogen (secondary N) is 1. The number of ether oxygens (including phenoxy) is 2. The highest BCUT2D eigenvalue weighted by atomic mass is 16.5. The molecule has 2 aromatic rings. The highest BCUT2D eigenvalue weighted by molar-refractivity contribution is 6.07. The number of hydrogen-bond donors (Lipinski definition) is 1. The highest BCUT2D eigenvalue weighted by Crippen LogP contribution is 2.30. The van der Waals surface area contributed by atoms with Gasteiger partial charge in [0.2, 0.25) is 0 Å². The number of amides is 1. The van der Waals surface area contributed by atoms with Gasteiger partial charge in [0.1, 0.15) is 29.7 Å². The molecule has 1 aliphatic heterocycles. The fourth-order valence-electron chi connectivity index (χ4n) is 2.54. The Morgan fingerprint density at radius 3 is 2.73 bits per heavy atom. The van der Waals surface area contributed by atoms with E-state index in [-0.39, 0.29) is 12.2 Å². The van der Waals surface area contributed by atoms with Gasteiger partial charge in [0.15, 0.2) is 0 Å². The molecule has 130 valence electrons. The molecule has 5 heteroatoms. The number of carbonyl (C=O) groups is 1. The topological polar surface area (TPSA) is 71.3 Å². The second-order valence-corrected chi connectivity index (χ2v) is 5.90. The minimum Gasteiger partial charge on any atom is -0.497 e. The first kappa shape index (κ1) is 17.3. The summed E-state index contributed by atoms with van der Waals surface area (Å²) < 4.78 is 10.9. The summed E-state index contributed by atoms with van der Waals surface area (Å²) in [5.41, 5.74) is 3.39. The maximum absolute atomic E-state index is 12.3. The van der Waals surface area contributed by atoms with Crippen molar-refractivity contribution in [1.29, 1.82) is 5.26 Å². The number of methoxy groups -OCH3 is 1. The van der Waals surface area contributed by atoms with Crippen molar-refractivity contribution < 1.29 is 14.3 Å². The summed E-state index contributed by atoms with van der Waals surface area (Å²) in [6.07, 6.45) is 3.45. The predicted octanol–water partition coefficient (Wildman–Crippen LogP) is 3.87. The maximum Gasteiger partial charge on any atom is 0.266 e. The van der Waals surface area contributed by atoms with Crippen molar-refractivity contribution in [2.75, 3.05) is 19.0 Å². The van der Waals surface area contributed by atoms with Crippen LogP contribution in [0.15, 0.2) is 59.7 Å². The van der Waals surface area contributed by atoms with Crippen LogP contribution in [-0.4, -0.2) is 19.6 Å². The summed E-state index contributed by atoms with van der Waals surface area (Å²) >= 11 is 0. The van der Waals surface area contributed by atoms with Crippen LogP contribution < -0.4 is 14.8 Å². The zero-order valence-corrected chi connectivity index (χ0v) is 14.6. The van der Waals surface area contributed by atoms with Crippen LogP contribution in [0.1, 0.15) is 11.1 Å². The number of anilines is 1. The summed E-state index contributed by atoms with van der Waals surface area (Å²) in [4.78, 5) is 12.3. The first-order valence-corrected chi connectivity index (χ1v) is 8.10. The van der Waals surface area contributed by atoms with Crippen LogP contribution in [0.3, 0.4) is 0 Å². The van der Waals surface area contributed by atoms with Crippen LogP contribution in [0.5, 0.6) is 11.5 Å². The zero-order chi connectivity index (χ0) is 18.5. The van der Waals surface area contributed by atoms with Gasteiger partial charge in [-0.15, -0.1) is 0 Å². The molecule has 1 heterocycles. The number of benzene rings is 2. The number of hydrogen-bond acceptors (Lipinski definition) is 4. The smallest absolute Gasteiger partial charge is 0.266 e. The van der Waals surface area contributed by atoms with E-state index in [1.165, 1.54) is 0 Å². The lowest BCUT2D eigenvalue weighted by Crippen LogP contribution is -2.15. The molecule has 5 nitrogen and oxygen atoms in total. The Bertz CT molecular complexity index is 935. The molecule has 0 unspecified atom stereocenters. The summed E-state index contributed by atoms with van der Waals surface area (Å²) in [5.74, 6) is 0.980. The third-order valence-electron chi connectivity index (χ3n) is 3.96. The SMILES string of the molecule is COc1ccc2c(c1)OCC(/C=C(\C#N)C(=O)Nc1ccc(C)cc1)=C2. The van der Waals surface area contributed by atoms with E-state index in [2.05, 4.69) is 5.32 Å². The van der Waals surface area contributed by atoms with E-state index in [1.807, 2.05) is 49.4 Å². The van der Waals surface area contributed by atoms with Crippen molar-refractivity contribution in [3.05, 3.63) is 70.8 Å². The molecule has 0 saturated carbocycles. The summed E-state index contributed by atoms with van der Waals surface area (Å²) in [7, 11) is 1.60. The second kappa shape index (κ2) is 7.58. The molecule has 0 atom stereocenters. The standard InChI is InChI=1S/C21H18N2O3/c1-14-3-6-18(7-4-14)23-21(24)17(12-22)10-15-9-16-5-8-19(25-2)11-20(16)26-13-15/h3-11H,13H2,1-2H3,(H,23,24)/b17-10+. The van der Waals surface area contributed by atoms with E-state index in [9.17, 15) is 10.1 Å². The number of nitrogens with zero attached hydrogens (tertiary/aromatic N) is 1. The molecule has 1 N–H and O–H groups in total. The van der Waals surface area contributed by atoms with Crippen molar-refractivity contribution in [3.8, 4) is 17.6 Å². The van der Waals surface area contributed by atoms with Crippen molar-refractivity contribution in [2.45, 2.75) is 6.92 Å². The molecule has 0 aromatic heterocycles. The first-order chi connectivity index (χ1) is 12.6. The Morgan fingerprint density at radius 2 is 2.04 bits per heavy atom. The fraction of sp³-hybridized carbons (Fsp3) is 0.143. The largest absolute Gasteiger partial charge is 0.497 e. The fourth-order valence-corrected chi connectivity index (χ4v) is 2.54. The Morgan fingerprint density at radius 1 is 1.27 bits per heavy atom. The number of fused-ring (bicyclic) bond motifs is 1. The molecule has 3 rings (SSSR count). The minimum atomic E-state index is -0.446. The summed E-state index contributed by atoms with van der Waals surface area (Å²) in [5, 5.41) is 12.1. The molecule has 2 aromatic carbocycles. The normalized spacial score (nSPS) is 13.0. The molecule has 0 fully saturated rings. The lowest BCUT2D eigenvalue weighted by Gasteiger charge is -2.17. The van der Waals surface area contributed by atoms with Crippen molar-refractivity contribution >= 4 is 17.7 Å². The number of nitriles is 1. The molecular weight excluding hydrogens is 328 g/mol.